The largest absolute Gasteiger partial charge is 0.489 e. The molecule has 1 aliphatic rings. The maximum atomic E-state index is 12.1. The Morgan fingerprint density at radius 2 is 2.00 bits per heavy atom. The molecule has 0 bridgehead atoms. The predicted molar refractivity (Wildman–Crippen MR) is 85.7 cm³/mol. The third-order valence-corrected chi connectivity index (χ3v) is 3.34. The molecule has 6 nitrogen and oxygen atoms in total. The Labute approximate surface area is 136 Å². The third-order valence-electron chi connectivity index (χ3n) is 3.34. The number of benzene rings is 1. The number of aliphatic imine (C=N–C) groups is 1. The molecule has 0 spiro atoms. The van der Waals surface area contributed by atoms with Crippen LogP contribution in [0.3, 0.4) is 0 Å². The van der Waals surface area contributed by atoms with E-state index in [1.807, 2.05) is 20.8 Å². The molecular formula is C17H22N2O4. The minimum absolute atomic E-state index is 0.0725. The van der Waals surface area contributed by atoms with E-state index in [-0.39, 0.29) is 12.2 Å². The van der Waals surface area contributed by atoms with Gasteiger partial charge in [0.15, 0.2) is 0 Å². The quantitative estimate of drug-likeness (QED) is 0.632. The van der Waals surface area contributed by atoms with Crippen LogP contribution in [0.25, 0.3) is 0 Å². The minimum Gasteiger partial charge on any atom is -0.489 e. The minimum atomic E-state index is -0.500. The predicted octanol–water partition coefficient (Wildman–Crippen LogP) is 3.43. The number of amides is 1. The Hall–Kier alpha value is -2.33. The van der Waals surface area contributed by atoms with Crippen LogP contribution in [0.2, 0.25) is 0 Å². The molecule has 0 aliphatic carbocycles. The van der Waals surface area contributed by atoms with Gasteiger partial charge in [-0.15, -0.1) is 0 Å². The van der Waals surface area contributed by atoms with Crippen molar-refractivity contribution in [2.24, 2.45) is 4.99 Å². The molecule has 6 heteroatoms. The summed E-state index contributed by atoms with van der Waals surface area (Å²) in [6, 6.07) is 6.88. The summed E-state index contributed by atoms with van der Waals surface area (Å²) < 4.78 is 11.3. The molecule has 0 aromatic heterocycles. The van der Waals surface area contributed by atoms with E-state index in [4.69, 9.17) is 9.47 Å². The van der Waals surface area contributed by atoms with Crippen molar-refractivity contribution in [2.75, 3.05) is 13.1 Å². The highest BCUT2D eigenvalue weighted by molar-refractivity contribution is 5.68. The van der Waals surface area contributed by atoms with E-state index in [1.165, 1.54) is 6.08 Å². The van der Waals surface area contributed by atoms with E-state index >= 15 is 0 Å². The van der Waals surface area contributed by atoms with Crippen molar-refractivity contribution in [3.8, 4) is 5.75 Å². The summed E-state index contributed by atoms with van der Waals surface area (Å²) in [7, 11) is 0. The standard InChI is InChI=1S/C17H22N2O4/c1-17(2,3)23-16(21)19-10-4-5-15(11-19)22-14-8-6-13(7-9-14)18-12-20/h6-9,15H,4-5,10-11H2,1-3H3. The number of rotatable bonds is 3. The van der Waals surface area contributed by atoms with Gasteiger partial charge in [-0.1, -0.05) is 0 Å². The van der Waals surface area contributed by atoms with Crippen LogP contribution in [-0.2, 0) is 9.53 Å². The molecule has 1 fully saturated rings. The molecule has 1 unspecified atom stereocenters. The molecule has 23 heavy (non-hydrogen) atoms. The maximum absolute atomic E-state index is 12.1. The van der Waals surface area contributed by atoms with Gasteiger partial charge in [0.1, 0.15) is 17.5 Å². The van der Waals surface area contributed by atoms with Crippen LogP contribution >= 0.6 is 0 Å². The van der Waals surface area contributed by atoms with Crippen LogP contribution in [0, 0.1) is 0 Å². The van der Waals surface area contributed by atoms with Gasteiger partial charge in [0.25, 0.3) is 0 Å². The first-order valence-corrected chi connectivity index (χ1v) is 7.70. The molecule has 1 aromatic rings. The lowest BCUT2D eigenvalue weighted by Gasteiger charge is -2.34. The van der Waals surface area contributed by atoms with Gasteiger partial charge in [-0.25, -0.2) is 9.59 Å². The number of hydrogen-bond acceptors (Lipinski definition) is 5. The molecular weight excluding hydrogens is 296 g/mol. The van der Waals surface area contributed by atoms with E-state index in [0.717, 1.165) is 12.8 Å². The number of ether oxygens (including phenoxy) is 2. The summed E-state index contributed by atoms with van der Waals surface area (Å²) in [5.74, 6) is 0.686. The van der Waals surface area contributed by atoms with E-state index < -0.39 is 5.60 Å². The summed E-state index contributed by atoms with van der Waals surface area (Å²) in [6.07, 6.45) is 2.88. The molecule has 0 saturated carbocycles. The van der Waals surface area contributed by atoms with Crippen molar-refractivity contribution in [3.05, 3.63) is 24.3 Å². The molecule has 0 radical (unpaired) electrons. The van der Waals surface area contributed by atoms with Crippen molar-refractivity contribution in [2.45, 2.75) is 45.3 Å². The Bertz CT molecular complexity index is 586. The van der Waals surface area contributed by atoms with Crippen molar-refractivity contribution < 1.29 is 19.1 Å². The Kier molecular flexibility index (Phi) is 5.40. The van der Waals surface area contributed by atoms with E-state index in [2.05, 4.69) is 4.99 Å². The average Bonchev–Trinajstić information content (AvgIpc) is 2.48. The smallest absolute Gasteiger partial charge is 0.410 e. The second kappa shape index (κ2) is 7.29. The van der Waals surface area contributed by atoms with Crippen LogP contribution < -0.4 is 4.74 Å². The van der Waals surface area contributed by atoms with Crippen molar-refractivity contribution in [1.82, 2.24) is 4.90 Å². The van der Waals surface area contributed by atoms with Gasteiger partial charge < -0.3 is 14.4 Å². The highest BCUT2D eigenvalue weighted by atomic mass is 16.6. The van der Waals surface area contributed by atoms with Crippen molar-refractivity contribution in [1.29, 1.82) is 0 Å². The lowest BCUT2D eigenvalue weighted by molar-refractivity contribution is 0.00776. The fraction of sp³-hybridized carbons (Fsp3) is 0.529. The third kappa shape index (κ3) is 5.42. The Morgan fingerprint density at radius 1 is 1.30 bits per heavy atom. The number of nitrogens with zero attached hydrogens (tertiary/aromatic N) is 2. The SMILES string of the molecule is CC(C)(C)OC(=O)N1CCCC(Oc2ccc(N=C=O)cc2)C1. The monoisotopic (exact) mass is 318 g/mol. The summed E-state index contributed by atoms with van der Waals surface area (Å²) in [5.41, 5.74) is 0.0335. The fourth-order valence-corrected chi connectivity index (χ4v) is 2.37. The lowest BCUT2D eigenvalue weighted by Crippen LogP contribution is -2.46. The Morgan fingerprint density at radius 3 is 2.61 bits per heavy atom. The highest BCUT2D eigenvalue weighted by Gasteiger charge is 2.28. The molecule has 1 heterocycles. The molecule has 1 aromatic carbocycles. The van der Waals surface area contributed by atoms with Crippen LogP contribution in [0.4, 0.5) is 10.5 Å². The molecule has 1 saturated heterocycles. The normalized spacial score (nSPS) is 18.0. The van der Waals surface area contributed by atoms with Gasteiger partial charge in [-0.05, 0) is 57.9 Å². The first kappa shape index (κ1) is 17.0. The van der Waals surface area contributed by atoms with Crippen LogP contribution in [0.1, 0.15) is 33.6 Å². The number of piperidine rings is 1. The summed E-state index contributed by atoms with van der Waals surface area (Å²) >= 11 is 0. The first-order chi connectivity index (χ1) is 10.9. The maximum Gasteiger partial charge on any atom is 0.410 e. The fourth-order valence-electron chi connectivity index (χ4n) is 2.37. The van der Waals surface area contributed by atoms with Gasteiger partial charge in [0.2, 0.25) is 6.08 Å². The zero-order valence-electron chi connectivity index (χ0n) is 13.7. The zero-order chi connectivity index (χ0) is 16.9. The molecule has 1 atom stereocenters. The lowest BCUT2D eigenvalue weighted by atomic mass is 10.1. The first-order valence-electron chi connectivity index (χ1n) is 7.70. The number of carbonyl (C=O) groups is 1. The summed E-state index contributed by atoms with van der Waals surface area (Å²) in [5, 5.41) is 0. The topological polar surface area (TPSA) is 68.2 Å². The Balaban J connectivity index is 1.93. The molecule has 1 aliphatic heterocycles. The molecule has 2 rings (SSSR count). The van der Waals surface area contributed by atoms with E-state index in [0.29, 0.717) is 24.5 Å². The van der Waals surface area contributed by atoms with Crippen molar-refractivity contribution in [3.63, 3.8) is 0 Å². The second-order valence-electron chi connectivity index (χ2n) is 6.51. The van der Waals surface area contributed by atoms with Gasteiger partial charge in [0.05, 0.1) is 12.2 Å². The molecule has 124 valence electrons. The van der Waals surface area contributed by atoms with Crippen LogP contribution in [0.15, 0.2) is 29.3 Å². The van der Waals surface area contributed by atoms with Gasteiger partial charge >= 0.3 is 6.09 Å². The summed E-state index contributed by atoms with van der Waals surface area (Å²) in [4.78, 5) is 27.5. The van der Waals surface area contributed by atoms with Gasteiger partial charge in [-0.2, -0.15) is 4.99 Å². The highest BCUT2D eigenvalue weighted by Crippen LogP contribution is 2.22. The average molecular weight is 318 g/mol. The number of carbonyl (C=O) groups excluding carboxylic acids is 2. The molecule has 0 N–H and O–H groups in total. The second-order valence-corrected chi connectivity index (χ2v) is 6.51. The van der Waals surface area contributed by atoms with Crippen molar-refractivity contribution >= 4 is 17.9 Å². The van der Waals surface area contributed by atoms with Gasteiger partial charge in [0, 0.05) is 6.54 Å². The summed E-state index contributed by atoms with van der Waals surface area (Å²) in [6.45, 7) is 6.75. The van der Waals surface area contributed by atoms with E-state index in [1.54, 1.807) is 29.2 Å². The number of isocyanates is 1. The van der Waals surface area contributed by atoms with E-state index in [9.17, 15) is 9.59 Å². The number of hydrogen-bond donors (Lipinski definition) is 0. The number of likely N-dealkylation sites (tertiary alicyclic amines) is 1. The molecule has 1 amide bonds. The van der Waals surface area contributed by atoms with Crippen LogP contribution in [-0.4, -0.2) is 41.9 Å². The van der Waals surface area contributed by atoms with Crippen LogP contribution in [0.5, 0.6) is 5.75 Å². The zero-order valence-corrected chi connectivity index (χ0v) is 13.7. The van der Waals surface area contributed by atoms with Gasteiger partial charge in [-0.3, -0.25) is 0 Å².